The van der Waals surface area contributed by atoms with Gasteiger partial charge >= 0.3 is 5.97 Å². The van der Waals surface area contributed by atoms with Crippen molar-refractivity contribution in [3.05, 3.63) is 58.1 Å². The number of esters is 1. The van der Waals surface area contributed by atoms with Crippen molar-refractivity contribution in [3.8, 4) is 0 Å². The summed E-state index contributed by atoms with van der Waals surface area (Å²) in [6.07, 6.45) is 1.56. The summed E-state index contributed by atoms with van der Waals surface area (Å²) in [6.45, 7) is 4.91. The molecule has 1 saturated carbocycles. The summed E-state index contributed by atoms with van der Waals surface area (Å²) in [5.41, 5.74) is 2.99. The third kappa shape index (κ3) is 4.48. The fourth-order valence-corrected chi connectivity index (χ4v) is 6.14. The molecule has 1 fully saturated rings. The number of rotatable bonds is 6. The van der Waals surface area contributed by atoms with Crippen LogP contribution in [0.1, 0.15) is 42.4 Å². The van der Waals surface area contributed by atoms with Crippen LogP contribution in [0.15, 0.2) is 41.3 Å². The van der Waals surface area contributed by atoms with E-state index in [1.54, 1.807) is 37.3 Å². The third-order valence-electron chi connectivity index (χ3n) is 5.96. The van der Waals surface area contributed by atoms with Crippen molar-refractivity contribution in [3.63, 3.8) is 0 Å². The summed E-state index contributed by atoms with van der Waals surface area (Å²) in [7, 11) is -3.98. The number of ether oxygens (including phenoxy) is 1. The van der Waals surface area contributed by atoms with Gasteiger partial charge < -0.3 is 10.1 Å². The number of halogens is 1. The highest BCUT2D eigenvalue weighted by atomic mass is 35.5. The fourth-order valence-electron chi connectivity index (χ4n) is 3.83. The number of hydrogen-bond donors (Lipinski definition) is 1. The Morgan fingerprint density at radius 3 is 2.39 bits per heavy atom. The molecule has 0 radical (unpaired) electrons. The maximum atomic E-state index is 13.5. The van der Waals surface area contributed by atoms with Crippen LogP contribution >= 0.6 is 11.6 Å². The second-order valence-electron chi connectivity index (χ2n) is 7.99. The normalized spacial score (nSPS) is 15.5. The van der Waals surface area contributed by atoms with E-state index in [0.717, 1.165) is 11.1 Å². The summed E-state index contributed by atoms with van der Waals surface area (Å²) >= 11 is 6.06. The largest absolute Gasteiger partial charge is 0.454 e. The van der Waals surface area contributed by atoms with Crippen molar-refractivity contribution in [2.45, 2.75) is 56.1 Å². The first-order valence-corrected chi connectivity index (χ1v) is 12.0. The van der Waals surface area contributed by atoms with Crippen molar-refractivity contribution in [2.24, 2.45) is 0 Å². The first kappa shape index (κ1) is 23.3. The summed E-state index contributed by atoms with van der Waals surface area (Å²) in [4.78, 5) is 25.4. The van der Waals surface area contributed by atoms with E-state index in [-0.39, 0.29) is 17.7 Å². The summed E-state index contributed by atoms with van der Waals surface area (Å²) in [5.74, 6) is -1.43. The van der Waals surface area contributed by atoms with E-state index in [4.69, 9.17) is 16.3 Å². The van der Waals surface area contributed by atoms with Gasteiger partial charge in [0.05, 0.1) is 4.90 Å². The smallest absolute Gasteiger partial charge is 0.328 e. The highest BCUT2D eigenvalue weighted by Gasteiger charge is 2.54. The monoisotopic (exact) mass is 463 g/mol. The Hall–Kier alpha value is -2.38. The molecule has 31 heavy (non-hydrogen) atoms. The zero-order chi connectivity index (χ0) is 22.8. The number of carbonyl (C=O) groups is 2. The molecule has 8 heteroatoms. The lowest BCUT2D eigenvalue weighted by Gasteiger charge is -2.27. The Balaban J connectivity index is 1.78. The molecule has 0 atom stereocenters. The molecule has 1 aliphatic carbocycles. The standard InChI is InChI=1S/C23H26ClNO5S/c1-15-9-10-18(13-16(15)2)31(28,29)23(11-4-5-12-23)22(27)30-14-21(26)25-20-8-6-7-19(24)17(20)3/h6-10,13H,4-5,11-12,14H2,1-3H3,(H,25,26). The highest BCUT2D eigenvalue weighted by Crippen LogP contribution is 2.42. The predicted octanol–water partition coefficient (Wildman–Crippen LogP) is 4.53. The van der Waals surface area contributed by atoms with E-state index < -0.39 is 33.1 Å². The SMILES string of the molecule is Cc1ccc(S(=O)(=O)C2(C(=O)OCC(=O)Nc3cccc(Cl)c3C)CCCC2)cc1C. The number of benzene rings is 2. The van der Waals surface area contributed by atoms with E-state index in [1.807, 2.05) is 13.8 Å². The minimum Gasteiger partial charge on any atom is -0.454 e. The molecule has 0 aromatic heterocycles. The van der Waals surface area contributed by atoms with Gasteiger partial charge in [0.1, 0.15) is 0 Å². The average Bonchev–Trinajstić information content (AvgIpc) is 3.23. The number of nitrogens with one attached hydrogen (secondary N) is 1. The molecule has 2 aromatic carbocycles. The van der Waals surface area contributed by atoms with Crippen LogP contribution in [0.25, 0.3) is 0 Å². The summed E-state index contributed by atoms with van der Waals surface area (Å²) in [5, 5.41) is 3.14. The Labute approximate surface area is 187 Å². The average molecular weight is 464 g/mol. The van der Waals surface area contributed by atoms with Gasteiger partial charge in [-0.1, -0.05) is 36.6 Å². The number of sulfone groups is 1. The number of aryl methyl sites for hydroxylation is 2. The van der Waals surface area contributed by atoms with Crippen molar-refractivity contribution in [1.29, 1.82) is 0 Å². The molecule has 1 amide bonds. The van der Waals surface area contributed by atoms with Crippen molar-refractivity contribution in [1.82, 2.24) is 0 Å². The van der Waals surface area contributed by atoms with Crippen molar-refractivity contribution in [2.75, 3.05) is 11.9 Å². The van der Waals surface area contributed by atoms with Gasteiger partial charge in [0.15, 0.2) is 21.2 Å². The van der Waals surface area contributed by atoms with Gasteiger partial charge in [-0.15, -0.1) is 0 Å². The van der Waals surface area contributed by atoms with Crippen LogP contribution in [-0.4, -0.2) is 31.6 Å². The number of amides is 1. The molecule has 0 heterocycles. The number of carbonyl (C=O) groups excluding carboxylic acids is 2. The maximum Gasteiger partial charge on any atom is 0.328 e. The molecule has 1 N–H and O–H groups in total. The van der Waals surface area contributed by atoms with Gasteiger partial charge in [0, 0.05) is 10.7 Å². The molecule has 1 aliphatic rings. The zero-order valence-electron chi connectivity index (χ0n) is 17.8. The molecule has 2 aromatic rings. The summed E-state index contributed by atoms with van der Waals surface area (Å²) < 4.78 is 30.5. The Morgan fingerprint density at radius 1 is 1.06 bits per heavy atom. The van der Waals surface area contributed by atoms with Crippen molar-refractivity contribution < 1.29 is 22.7 Å². The molecule has 0 bridgehead atoms. The van der Waals surface area contributed by atoms with Crippen LogP contribution < -0.4 is 5.32 Å². The summed E-state index contributed by atoms with van der Waals surface area (Å²) in [6, 6.07) is 9.93. The van der Waals surface area contributed by atoms with Gasteiger partial charge in [0.2, 0.25) is 0 Å². The van der Waals surface area contributed by atoms with Crippen molar-refractivity contribution >= 4 is 39.0 Å². The van der Waals surface area contributed by atoms with Crippen LogP contribution in [0, 0.1) is 20.8 Å². The quantitative estimate of drug-likeness (QED) is 0.635. The molecule has 0 unspecified atom stereocenters. The first-order valence-electron chi connectivity index (χ1n) is 10.1. The topological polar surface area (TPSA) is 89.5 Å². The van der Waals surface area contributed by atoms with Gasteiger partial charge in [-0.3, -0.25) is 9.59 Å². The molecule has 166 valence electrons. The number of anilines is 1. The van der Waals surface area contributed by atoms with Gasteiger partial charge in [-0.2, -0.15) is 0 Å². The van der Waals surface area contributed by atoms with E-state index in [2.05, 4.69) is 5.32 Å². The lowest BCUT2D eigenvalue weighted by Crippen LogP contribution is -2.46. The molecule has 3 rings (SSSR count). The molecular formula is C23H26ClNO5S. The van der Waals surface area contributed by atoms with E-state index in [9.17, 15) is 18.0 Å². The van der Waals surface area contributed by atoms with E-state index >= 15 is 0 Å². The van der Waals surface area contributed by atoms with E-state index in [1.165, 1.54) is 6.07 Å². The van der Waals surface area contributed by atoms with Crippen LogP contribution in [0.3, 0.4) is 0 Å². The molecule has 0 saturated heterocycles. The zero-order valence-corrected chi connectivity index (χ0v) is 19.4. The molecule has 6 nitrogen and oxygen atoms in total. The lowest BCUT2D eigenvalue weighted by atomic mass is 10.1. The predicted molar refractivity (Wildman–Crippen MR) is 120 cm³/mol. The van der Waals surface area contributed by atoms with Gasteiger partial charge in [0.25, 0.3) is 5.91 Å². The van der Waals surface area contributed by atoms with E-state index in [0.29, 0.717) is 29.1 Å². The number of hydrogen-bond acceptors (Lipinski definition) is 5. The minimum absolute atomic E-state index is 0.105. The van der Waals surface area contributed by atoms with Crippen LogP contribution in [0.5, 0.6) is 0 Å². The highest BCUT2D eigenvalue weighted by molar-refractivity contribution is 7.93. The molecule has 0 aliphatic heterocycles. The van der Waals surface area contributed by atoms with Crippen LogP contribution in [0.4, 0.5) is 5.69 Å². The van der Waals surface area contributed by atoms with Gasteiger partial charge in [-0.25, -0.2) is 8.42 Å². The Bertz CT molecular complexity index is 1120. The second-order valence-corrected chi connectivity index (χ2v) is 10.7. The fraction of sp³-hybridized carbons (Fsp3) is 0.391. The second kappa shape index (κ2) is 9.01. The lowest BCUT2D eigenvalue weighted by molar-refractivity contribution is -0.149. The van der Waals surface area contributed by atoms with Crippen LogP contribution in [-0.2, 0) is 24.2 Å². The Morgan fingerprint density at radius 2 is 1.74 bits per heavy atom. The van der Waals surface area contributed by atoms with Gasteiger partial charge in [-0.05, 0) is 74.6 Å². The molecule has 0 spiro atoms. The maximum absolute atomic E-state index is 13.5. The first-order chi connectivity index (χ1) is 14.6. The minimum atomic E-state index is -3.98. The van der Waals surface area contributed by atoms with Crippen LogP contribution in [0.2, 0.25) is 5.02 Å². The third-order valence-corrected chi connectivity index (χ3v) is 8.85. The Kier molecular flexibility index (Phi) is 6.76. The molecular weight excluding hydrogens is 438 g/mol.